The van der Waals surface area contributed by atoms with Gasteiger partial charge >= 0.3 is 6.01 Å². The van der Waals surface area contributed by atoms with E-state index in [-0.39, 0.29) is 16.9 Å². The van der Waals surface area contributed by atoms with E-state index < -0.39 is 15.8 Å². The van der Waals surface area contributed by atoms with Crippen molar-refractivity contribution in [3.8, 4) is 6.01 Å². The molecule has 0 spiro atoms. The van der Waals surface area contributed by atoms with E-state index in [1.54, 1.807) is 6.92 Å². The molecule has 2 aromatic rings. The summed E-state index contributed by atoms with van der Waals surface area (Å²) in [4.78, 5) is 3.55. The van der Waals surface area contributed by atoms with Crippen LogP contribution in [0, 0.1) is 5.82 Å². The second-order valence-corrected chi connectivity index (χ2v) is 5.14. The minimum absolute atomic E-state index is 0.0273. The smallest absolute Gasteiger partial charge is 0.337 e. The summed E-state index contributed by atoms with van der Waals surface area (Å²) in [5.74, 6) is -0.747. The average molecular weight is 286 g/mol. The largest absolute Gasteiger partial charge is 0.463 e. The predicted octanol–water partition coefficient (Wildman–Crippen LogP) is 1.14. The molecule has 1 heterocycles. The van der Waals surface area contributed by atoms with Crippen LogP contribution in [-0.2, 0) is 10.0 Å². The lowest BCUT2D eigenvalue weighted by Crippen LogP contribution is -2.14. The topological polar surface area (TPSA) is 97.0 Å². The molecule has 0 aliphatic carbocycles. The number of nitrogens with one attached hydrogen (secondary N) is 2. The first kappa shape index (κ1) is 13.3. The summed E-state index contributed by atoms with van der Waals surface area (Å²) in [6.45, 7) is 2.10. The molecule has 1 aromatic heterocycles. The van der Waals surface area contributed by atoms with Crippen LogP contribution in [0.5, 0.6) is 6.01 Å². The van der Waals surface area contributed by atoms with Crippen molar-refractivity contribution in [1.29, 1.82) is 0 Å². The van der Waals surface area contributed by atoms with Gasteiger partial charge in [-0.15, -0.1) is 5.10 Å². The molecule has 0 bridgehead atoms. The Morgan fingerprint density at radius 2 is 2.26 bits per heavy atom. The van der Waals surface area contributed by atoms with Gasteiger partial charge in [0.1, 0.15) is 5.82 Å². The van der Waals surface area contributed by atoms with Gasteiger partial charge in [-0.05, 0) is 25.1 Å². The van der Waals surface area contributed by atoms with Crippen LogP contribution in [0.3, 0.4) is 0 Å². The molecule has 0 aliphatic heterocycles. The number of sulfonamides is 1. The standard InChI is InChI=1S/C10H11FN4O3S/c1-2-18-10-12-9(13-14-10)15-19(16,17)8-5-3-4-7(11)6-8/h3-6H,2H2,1H3,(H2,12,13,14,15). The number of aromatic nitrogens is 3. The van der Waals surface area contributed by atoms with Crippen molar-refractivity contribution in [3.05, 3.63) is 30.1 Å². The molecule has 7 nitrogen and oxygen atoms in total. The third-order valence-corrected chi connectivity index (χ3v) is 3.41. The first-order valence-electron chi connectivity index (χ1n) is 5.35. The SMILES string of the molecule is CCOc1n[nH]c(NS(=O)(=O)c2cccc(F)c2)n1. The van der Waals surface area contributed by atoms with Gasteiger partial charge in [-0.25, -0.2) is 22.6 Å². The molecule has 9 heteroatoms. The Morgan fingerprint density at radius 1 is 1.47 bits per heavy atom. The van der Waals surface area contributed by atoms with Gasteiger partial charge in [0.25, 0.3) is 10.0 Å². The van der Waals surface area contributed by atoms with Crippen LogP contribution >= 0.6 is 0 Å². The average Bonchev–Trinajstić information content (AvgIpc) is 2.76. The van der Waals surface area contributed by atoms with Gasteiger partial charge in [0.05, 0.1) is 11.5 Å². The third kappa shape index (κ3) is 3.19. The number of hydrogen-bond donors (Lipinski definition) is 2. The van der Waals surface area contributed by atoms with Gasteiger partial charge < -0.3 is 4.74 Å². The van der Waals surface area contributed by atoms with Gasteiger partial charge in [-0.3, -0.25) is 0 Å². The van der Waals surface area contributed by atoms with Crippen molar-refractivity contribution in [2.75, 3.05) is 11.3 Å². The van der Waals surface area contributed by atoms with E-state index in [0.29, 0.717) is 6.61 Å². The van der Waals surface area contributed by atoms with Gasteiger partial charge in [0, 0.05) is 0 Å². The summed E-state index contributed by atoms with van der Waals surface area (Å²) in [6.07, 6.45) is 0. The minimum atomic E-state index is -3.92. The molecular weight excluding hydrogens is 275 g/mol. The number of nitrogens with zero attached hydrogens (tertiary/aromatic N) is 2. The lowest BCUT2D eigenvalue weighted by Gasteiger charge is -2.04. The summed E-state index contributed by atoms with van der Waals surface area (Å²) in [7, 11) is -3.92. The number of benzene rings is 1. The first-order chi connectivity index (χ1) is 9.01. The van der Waals surface area contributed by atoms with Crippen LogP contribution in [0.4, 0.5) is 10.3 Å². The van der Waals surface area contributed by atoms with Crippen molar-refractivity contribution in [3.63, 3.8) is 0 Å². The molecule has 0 saturated carbocycles. The van der Waals surface area contributed by atoms with Crippen LogP contribution < -0.4 is 9.46 Å². The predicted molar refractivity (Wildman–Crippen MR) is 64.8 cm³/mol. The van der Waals surface area contributed by atoms with Crippen LogP contribution in [-0.4, -0.2) is 30.2 Å². The van der Waals surface area contributed by atoms with Gasteiger partial charge in [-0.2, -0.15) is 4.98 Å². The molecule has 19 heavy (non-hydrogen) atoms. The van der Waals surface area contributed by atoms with Gasteiger partial charge in [0.15, 0.2) is 0 Å². The van der Waals surface area contributed by atoms with Crippen LogP contribution in [0.25, 0.3) is 0 Å². The first-order valence-corrected chi connectivity index (χ1v) is 6.83. The lowest BCUT2D eigenvalue weighted by molar-refractivity contribution is 0.314. The normalized spacial score (nSPS) is 11.3. The Hall–Kier alpha value is -2.16. The molecule has 0 fully saturated rings. The summed E-state index contributed by atoms with van der Waals surface area (Å²) in [6, 6.07) is 4.66. The van der Waals surface area contributed by atoms with E-state index in [2.05, 4.69) is 19.9 Å². The molecule has 2 rings (SSSR count). The zero-order valence-electron chi connectivity index (χ0n) is 9.92. The Labute approximate surface area is 108 Å². The molecule has 0 radical (unpaired) electrons. The number of aromatic amines is 1. The molecule has 0 atom stereocenters. The zero-order valence-corrected chi connectivity index (χ0v) is 10.7. The summed E-state index contributed by atoms with van der Waals surface area (Å²) < 4.78 is 43.9. The number of H-pyrrole nitrogens is 1. The quantitative estimate of drug-likeness (QED) is 0.859. The Bertz CT molecular complexity index is 671. The maximum Gasteiger partial charge on any atom is 0.337 e. The maximum atomic E-state index is 13.0. The molecule has 0 saturated heterocycles. The highest BCUT2D eigenvalue weighted by Crippen LogP contribution is 2.15. The molecule has 102 valence electrons. The Balaban J connectivity index is 2.21. The second kappa shape index (κ2) is 5.22. The van der Waals surface area contributed by atoms with E-state index in [1.807, 2.05) is 0 Å². The maximum absolute atomic E-state index is 13.0. The van der Waals surface area contributed by atoms with Gasteiger partial charge in [0.2, 0.25) is 5.95 Å². The second-order valence-electron chi connectivity index (χ2n) is 3.46. The fourth-order valence-electron chi connectivity index (χ4n) is 1.31. The van der Waals surface area contributed by atoms with Crippen LogP contribution in [0.2, 0.25) is 0 Å². The van der Waals surface area contributed by atoms with E-state index in [4.69, 9.17) is 4.74 Å². The number of anilines is 1. The Kier molecular flexibility index (Phi) is 3.65. The highest BCUT2D eigenvalue weighted by atomic mass is 32.2. The van der Waals surface area contributed by atoms with E-state index >= 15 is 0 Å². The van der Waals surface area contributed by atoms with Crippen molar-refractivity contribution in [1.82, 2.24) is 15.2 Å². The number of hydrogen-bond acceptors (Lipinski definition) is 5. The summed E-state index contributed by atoms with van der Waals surface area (Å²) in [5.41, 5.74) is 0. The van der Waals surface area contributed by atoms with E-state index in [1.165, 1.54) is 12.1 Å². The molecule has 0 unspecified atom stereocenters. The molecule has 0 aliphatic rings. The monoisotopic (exact) mass is 286 g/mol. The molecule has 1 aromatic carbocycles. The molecular formula is C10H11FN4O3S. The highest BCUT2D eigenvalue weighted by molar-refractivity contribution is 7.92. The minimum Gasteiger partial charge on any atom is -0.463 e. The van der Waals surface area contributed by atoms with Crippen molar-refractivity contribution in [2.45, 2.75) is 11.8 Å². The molecule has 2 N–H and O–H groups in total. The number of rotatable bonds is 5. The van der Waals surface area contributed by atoms with Gasteiger partial charge in [-0.1, -0.05) is 6.07 Å². The fraction of sp³-hybridized carbons (Fsp3) is 0.200. The zero-order chi connectivity index (χ0) is 13.9. The lowest BCUT2D eigenvalue weighted by atomic mass is 10.4. The number of ether oxygens (including phenoxy) is 1. The van der Waals surface area contributed by atoms with E-state index in [9.17, 15) is 12.8 Å². The number of halogens is 1. The highest BCUT2D eigenvalue weighted by Gasteiger charge is 2.17. The third-order valence-electron chi connectivity index (χ3n) is 2.08. The van der Waals surface area contributed by atoms with Crippen LogP contribution in [0.15, 0.2) is 29.2 Å². The van der Waals surface area contributed by atoms with Crippen molar-refractivity contribution < 1.29 is 17.5 Å². The van der Waals surface area contributed by atoms with E-state index in [0.717, 1.165) is 12.1 Å². The molecule has 0 amide bonds. The summed E-state index contributed by atoms with van der Waals surface area (Å²) >= 11 is 0. The van der Waals surface area contributed by atoms with Crippen molar-refractivity contribution >= 4 is 16.0 Å². The van der Waals surface area contributed by atoms with Crippen molar-refractivity contribution in [2.24, 2.45) is 0 Å². The Morgan fingerprint density at radius 3 is 2.95 bits per heavy atom. The summed E-state index contributed by atoms with van der Waals surface area (Å²) in [5, 5.41) is 6.00. The van der Waals surface area contributed by atoms with Crippen LogP contribution in [0.1, 0.15) is 6.92 Å². The fourth-order valence-corrected chi connectivity index (χ4v) is 2.30.